The van der Waals surface area contributed by atoms with Gasteiger partial charge in [0, 0.05) is 4.88 Å². The summed E-state index contributed by atoms with van der Waals surface area (Å²) in [4.78, 5) is 55.1. The van der Waals surface area contributed by atoms with Gasteiger partial charge in [-0.15, -0.1) is 11.3 Å². The highest BCUT2D eigenvalue weighted by molar-refractivity contribution is 7.16. The van der Waals surface area contributed by atoms with Gasteiger partial charge in [-0.05, 0) is 33.3 Å². The fraction of sp³-hybridized carbons (Fsp3) is 0.381. The summed E-state index contributed by atoms with van der Waals surface area (Å²) in [5, 5.41) is 2.97. The molecule has 0 atom stereocenters. The fourth-order valence-electron chi connectivity index (χ4n) is 3.09. The van der Waals surface area contributed by atoms with Gasteiger partial charge in [0.25, 0.3) is 5.56 Å². The second-order valence-corrected chi connectivity index (χ2v) is 7.83. The molecule has 0 saturated heterocycles. The van der Waals surface area contributed by atoms with Crippen LogP contribution in [0.5, 0.6) is 0 Å². The maximum Gasteiger partial charge on any atom is 0.342 e. The number of hydrogen-bond donors (Lipinski definition) is 1. The van der Waals surface area contributed by atoms with E-state index in [0.29, 0.717) is 11.4 Å². The van der Waals surface area contributed by atoms with Crippen LogP contribution in [0.3, 0.4) is 0 Å². The highest BCUT2D eigenvalue weighted by Crippen LogP contribution is 2.29. The molecule has 0 saturated carbocycles. The second kappa shape index (κ2) is 9.77. The molecule has 0 aliphatic heterocycles. The third-order valence-corrected chi connectivity index (χ3v) is 5.72. The lowest BCUT2D eigenvalue weighted by Crippen LogP contribution is -2.28. The number of ether oxygens (including phenoxy) is 2. The van der Waals surface area contributed by atoms with Gasteiger partial charge < -0.3 is 19.2 Å². The Kier molecular flexibility index (Phi) is 7.08. The van der Waals surface area contributed by atoms with Crippen molar-refractivity contribution < 1.29 is 28.3 Å². The summed E-state index contributed by atoms with van der Waals surface area (Å²) >= 11 is 1.26. The topological polar surface area (TPSA) is 130 Å². The Morgan fingerprint density at radius 3 is 2.50 bits per heavy atom. The van der Waals surface area contributed by atoms with Gasteiger partial charge >= 0.3 is 11.9 Å². The van der Waals surface area contributed by atoms with Crippen LogP contribution in [0, 0.1) is 6.92 Å². The fourth-order valence-corrected chi connectivity index (χ4v) is 4.09. The lowest BCUT2D eigenvalue weighted by Gasteiger charge is -2.08. The van der Waals surface area contributed by atoms with E-state index < -0.39 is 23.4 Å². The predicted molar refractivity (Wildman–Crippen MR) is 117 cm³/mol. The largest absolute Gasteiger partial charge is 0.462 e. The molecule has 10 nitrogen and oxygen atoms in total. The van der Waals surface area contributed by atoms with Crippen molar-refractivity contribution >= 4 is 45.3 Å². The Morgan fingerprint density at radius 2 is 1.84 bits per heavy atom. The van der Waals surface area contributed by atoms with Crippen molar-refractivity contribution in [2.45, 2.75) is 40.7 Å². The van der Waals surface area contributed by atoms with E-state index in [9.17, 15) is 19.2 Å². The van der Waals surface area contributed by atoms with E-state index >= 15 is 0 Å². The van der Waals surface area contributed by atoms with E-state index in [-0.39, 0.29) is 47.7 Å². The summed E-state index contributed by atoms with van der Waals surface area (Å²) in [5.41, 5.74) is -0.374. The average Bonchev–Trinajstić information content (AvgIpc) is 3.31. The molecule has 0 aliphatic carbocycles. The first-order valence-corrected chi connectivity index (χ1v) is 10.9. The Hall–Kier alpha value is -3.47. The number of amides is 1. The quantitative estimate of drug-likeness (QED) is 0.507. The highest BCUT2D eigenvalue weighted by atomic mass is 32.1. The van der Waals surface area contributed by atoms with Crippen LogP contribution < -0.4 is 10.9 Å². The first-order valence-electron chi connectivity index (χ1n) is 10.1. The molecule has 0 fully saturated rings. The molecule has 0 spiro atoms. The van der Waals surface area contributed by atoms with Gasteiger partial charge in [0.2, 0.25) is 11.6 Å². The molecule has 0 aromatic carbocycles. The number of nitrogens with one attached hydrogen (secondary N) is 1. The van der Waals surface area contributed by atoms with Crippen molar-refractivity contribution in [1.82, 2.24) is 9.55 Å². The summed E-state index contributed by atoms with van der Waals surface area (Å²) in [5.74, 6) is -1.57. The molecule has 3 aromatic rings. The van der Waals surface area contributed by atoms with Gasteiger partial charge in [-0.25, -0.2) is 14.6 Å². The van der Waals surface area contributed by atoms with Crippen molar-refractivity contribution in [3.8, 4) is 0 Å². The minimum absolute atomic E-state index is 0.00968. The molecule has 3 rings (SSSR count). The zero-order valence-corrected chi connectivity index (χ0v) is 19.0. The van der Waals surface area contributed by atoms with Crippen LogP contribution in [-0.4, -0.2) is 40.6 Å². The number of rotatable bonds is 8. The summed E-state index contributed by atoms with van der Waals surface area (Å²) in [6.07, 6.45) is 1.85. The lowest BCUT2D eigenvalue weighted by atomic mass is 10.2. The number of nitrogens with zero attached hydrogens (tertiary/aromatic N) is 2. The molecule has 32 heavy (non-hydrogen) atoms. The minimum atomic E-state index is -0.699. The van der Waals surface area contributed by atoms with Crippen molar-refractivity contribution in [2.75, 3.05) is 18.5 Å². The van der Waals surface area contributed by atoms with Crippen LogP contribution in [0.25, 0.3) is 11.1 Å². The molecule has 0 radical (unpaired) electrons. The highest BCUT2D eigenvalue weighted by Gasteiger charge is 2.25. The summed E-state index contributed by atoms with van der Waals surface area (Å²) in [7, 11) is 0. The number of hydrogen-bond acceptors (Lipinski definition) is 9. The van der Waals surface area contributed by atoms with Crippen LogP contribution in [0.15, 0.2) is 21.6 Å². The maximum absolute atomic E-state index is 13.0. The molecule has 1 amide bonds. The zero-order valence-electron chi connectivity index (χ0n) is 18.1. The van der Waals surface area contributed by atoms with Gasteiger partial charge in [-0.3, -0.25) is 14.2 Å². The molecule has 0 unspecified atom stereocenters. The Labute approximate surface area is 187 Å². The second-order valence-electron chi connectivity index (χ2n) is 6.69. The number of aryl methyl sites for hydroxylation is 2. The third kappa shape index (κ3) is 4.57. The van der Waals surface area contributed by atoms with Gasteiger partial charge in [0.1, 0.15) is 34.6 Å². The Balaban J connectivity index is 1.90. The maximum atomic E-state index is 13.0. The Bertz CT molecular complexity index is 1240. The summed E-state index contributed by atoms with van der Waals surface area (Å²) in [6.45, 7) is 6.76. The van der Waals surface area contributed by atoms with Crippen LogP contribution >= 0.6 is 11.3 Å². The number of anilines is 1. The SMILES string of the molecule is CCOC(=O)c1cc(CC)sc1NC(=O)Cn1cnc2oc(C)c(C(=O)OCC)c2c1=O. The van der Waals surface area contributed by atoms with Crippen molar-refractivity contribution in [1.29, 1.82) is 0 Å². The van der Waals surface area contributed by atoms with Gasteiger partial charge in [0.15, 0.2) is 0 Å². The molecule has 3 heterocycles. The molecule has 170 valence electrons. The molecule has 0 aliphatic rings. The number of carbonyl (C=O) groups excluding carboxylic acids is 3. The van der Waals surface area contributed by atoms with E-state index in [1.165, 1.54) is 24.6 Å². The molecular formula is C21H23N3O7S. The third-order valence-electron chi connectivity index (χ3n) is 4.53. The van der Waals surface area contributed by atoms with Crippen molar-refractivity contribution in [3.05, 3.63) is 44.5 Å². The van der Waals surface area contributed by atoms with Gasteiger partial charge in [-0.1, -0.05) is 6.92 Å². The van der Waals surface area contributed by atoms with Crippen LogP contribution in [-0.2, 0) is 27.2 Å². The molecule has 0 bridgehead atoms. The smallest absolute Gasteiger partial charge is 0.342 e. The van der Waals surface area contributed by atoms with Crippen LogP contribution in [0.2, 0.25) is 0 Å². The number of thiophene rings is 1. The first kappa shape index (κ1) is 23.2. The monoisotopic (exact) mass is 461 g/mol. The molecule has 1 N–H and O–H groups in total. The lowest BCUT2D eigenvalue weighted by molar-refractivity contribution is -0.116. The van der Waals surface area contributed by atoms with Crippen LogP contribution in [0.4, 0.5) is 5.00 Å². The molecular weight excluding hydrogens is 438 g/mol. The average molecular weight is 461 g/mol. The Morgan fingerprint density at radius 1 is 1.16 bits per heavy atom. The van der Waals surface area contributed by atoms with Gasteiger partial charge in [-0.2, -0.15) is 0 Å². The number of furan rings is 1. The van der Waals surface area contributed by atoms with E-state index in [1.54, 1.807) is 19.9 Å². The predicted octanol–water partition coefficient (Wildman–Crippen LogP) is 2.91. The van der Waals surface area contributed by atoms with Crippen LogP contribution in [0.1, 0.15) is 52.1 Å². The summed E-state index contributed by atoms with van der Waals surface area (Å²) in [6, 6.07) is 1.68. The van der Waals surface area contributed by atoms with E-state index in [0.717, 1.165) is 9.44 Å². The number of fused-ring (bicyclic) bond motifs is 1. The molecule has 11 heteroatoms. The summed E-state index contributed by atoms with van der Waals surface area (Å²) < 4.78 is 16.5. The minimum Gasteiger partial charge on any atom is -0.462 e. The van der Waals surface area contributed by atoms with Crippen molar-refractivity contribution in [3.63, 3.8) is 0 Å². The number of aromatic nitrogens is 2. The van der Waals surface area contributed by atoms with E-state index in [4.69, 9.17) is 13.9 Å². The van der Waals surface area contributed by atoms with E-state index in [1.807, 2.05) is 6.92 Å². The normalized spacial score (nSPS) is 10.9. The first-order chi connectivity index (χ1) is 15.3. The molecule has 3 aromatic heterocycles. The van der Waals surface area contributed by atoms with Crippen molar-refractivity contribution in [2.24, 2.45) is 0 Å². The number of esters is 2. The van der Waals surface area contributed by atoms with Gasteiger partial charge in [0.05, 0.1) is 18.8 Å². The van der Waals surface area contributed by atoms with E-state index in [2.05, 4.69) is 10.3 Å². The zero-order chi connectivity index (χ0) is 23.4. The number of carbonyl (C=O) groups is 3. The standard InChI is InChI=1S/C21H23N3O7S/c1-5-12-8-13(20(27)29-6-2)18(32-12)23-14(25)9-24-10-22-17-16(19(24)26)15(11(4)31-17)21(28)30-7-3/h8,10H,5-7,9H2,1-4H3,(H,23,25).